The normalized spacial score (nSPS) is 13.1. The van der Waals surface area contributed by atoms with Crippen LogP contribution in [0.1, 0.15) is 22.3 Å². The van der Waals surface area contributed by atoms with Crippen LogP contribution in [0, 0.1) is 0 Å². The maximum Gasteiger partial charge on any atom is 0.416 e. The highest BCUT2D eigenvalue weighted by Gasteiger charge is 2.32. The molecule has 1 heterocycles. The largest absolute Gasteiger partial charge is 0.416 e. The van der Waals surface area contributed by atoms with Crippen LogP contribution < -0.4 is 5.62 Å². The molecule has 178 valence electrons. The summed E-state index contributed by atoms with van der Waals surface area (Å²) in [6.45, 7) is -0.0467. The number of aromatic nitrogens is 2. The molecule has 0 bridgehead atoms. The lowest BCUT2D eigenvalue weighted by atomic mass is 10.1. The Hall–Kier alpha value is -3.53. The molecule has 0 saturated carbocycles. The van der Waals surface area contributed by atoms with Crippen molar-refractivity contribution >= 4 is 16.7 Å². The molecule has 0 atom stereocenters. The molecule has 0 aliphatic carbocycles. The summed E-state index contributed by atoms with van der Waals surface area (Å²) in [5, 5.41) is 9.25. The van der Waals surface area contributed by atoms with E-state index >= 15 is 0 Å². The van der Waals surface area contributed by atoms with Gasteiger partial charge < -0.3 is 14.2 Å². The molecule has 0 saturated heterocycles. The SMILES string of the molecule is Cn1/c(=N\c2cccc(C(F)(F)F)c2)n(Cc2ccc(CO)cc2)c2cc(C(F)(F)F)ccc21. The molecule has 3 aromatic carbocycles. The van der Waals surface area contributed by atoms with Crippen LogP contribution in [0.3, 0.4) is 0 Å². The predicted octanol–water partition coefficient (Wildman–Crippen LogP) is 5.79. The van der Waals surface area contributed by atoms with Gasteiger partial charge in [-0.25, -0.2) is 4.99 Å². The molecule has 4 nitrogen and oxygen atoms in total. The van der Waals surface area contributed by atoms with E-state index < -0.39 is 23.5 Å². The van der Waals surface area contributed by atoms with Gasteiger partial charge in [0.15, 0.2) is 0 Å². The third kappa shape index (κ3) is 4.72. The summed E-state index contributed by atoms with van der Waals surface area (Å²) in [7, 11) is 1.59. The lowest BCUT2D eigenvalue weighted by Gasteiger charge is -2.09. The quantitative estimate of drug-likeness (QED) is 0.370. The zero-order chi connectivity index (χ0) is 24.7. The Labute approximate surface area is 190 Å². The summed E-state index contributed by atoms with van der Waals surface area (Å²) in [5.74, 6) is 0. The van der Waals surface area contributed by atoms with Gasteiger partial charge in [0.1, 0.15) is 0 Å². The maximum atomic E-state index is 13.4. The predicted molar refractivity (Wildman–Crippen MR) is 114 cm³/mol. The van der Waals surface area contributed by atoms with E-state index in [-0.39, 0.29) is 30.0 Å². The lowest BCUT2D eigenvalue weighted by molar-refractivity contribution is -0.138. The fourth-order valence-corrected chi connectivity index (χ4v) is 3.69. The molecule has 0 radical (unpaired) electrons. The highest BCUT2D eigenvalue weighted by Crippen LogP contribution is 2.32. The number of aliphatic hydroxyl groups excluding tert-OH is 1. The molecular formula is C24H19F6N3O. The number of hydrogen-bond donors (Lipinski definition) is 1. The van der Waals surface area contributed by atoms with E-state index in [1.807, 2.05) is 0 Å². The first-order valence-electron chi connectivity index (χ1n) is 10.1. The van der Waals surface area contributed by atoms with Crippen molar-refractivity contribution in [2.45, 2.75) is 25.5 Å². The maximum absolute atomic E-state index is 13.4. The van der Waals surface area contributed by atoms with Gasteiger partial charge in [0, 0.05) is 7.05 Å². The van der Waals surface area contributed by atoms with Gasteiger partial charge in [-0.15, -0.1) is 0 Å². The number of halogens is 6. The van der Waals surface area contributed by atoms with E-state index in [4.69, 9.17) is 0 Å². The van der Waals surface area contributed by atoms with Gasteiger partial charge in [-0.1, -0.05) is 30.3 Å². The van der Waals surface area contributed by atoms with Crippen molar-refractivity contribution in [2.24, 2.45) is 12.0 Å². The van der Waals surface area contributed by atoms with Gasteiger partial charge in [0.2, 0.25) is 5.62 Å². The van der Waals surface area contributed by atoms with E-state index in [0.717, 1.165) is 24.3 Å². The first-order valence-corrected chi connectivity index (χ1v) is 10.1. The minimum absolute atomic E-state index is 0.0150. The Morgan fingerprint density at radius 2 is 1.38 bits per heavy atom. The van der Waals surface area contributed by atoms with Gasteiger partial charge in [-0.2, -0.15) is 26.3 Å². The molecular weight excluding hydrogens is 460 g/mol. The number of alkyl halides is 6. The molecule has 4 aromatic rings. The summed E-state index contributed by atoms with van der Waals surface area (Å²) >= 11 is 0. The van der Waals surface area contributed by atoms with E-state index in [9.17, 15) is 31.4 Å². The summed E-state index contributed by atoms with van der Waals surface area (Å²) < 4.78 is 82.7. The molecule has 4 rings (SSSR count). The molecule has 0 aliphatic rings. The zero-order valence-electron chi connectivity index (χ0n) is 17.8. The van der Waals surface area contributed by atoms with Crippen molar-refractivity contribution in [2.75, 3.05) is 0 Å². The van der Waals surface area contributed by atoms with Crippen LogP contribution >= 0.6 is 0 Å². The first-order chi connectivity index (χ1) is 16.0. The average Bonchev–Trinajstić information content (AvgIpc) is 3.04. The monoisotopic (exact) mass is 479 g/mol. The highest BCUT2D eigenvalue weighted by atomic mass is 19.4. The highest BCUT2D eigenvalue weighted by molar-refractivity contribution is 5.77. The van der Waals surface area contributed by atoms with Crippen LogP contribution in [0.25, 0.3) is 11.0 Å². The summed E-state index contributed by atoms with van der Waals surface area (Å²) in [6, 6.07) is 14.5. The molecule has 0 amide bonds. The van der Waals surface area contributed by atoms with Gasteiger partial charge in [-0.05, 0) is 47.5 Å². The average molecular weight is 479 g/mol. The van der Waals surface area contributed by atoms with Gasteiger partial charge in [0.25, 0.3) is 0 Å². The van der Waals surface area contributed by atoms with Crippen LogP contribution in [0.4, 0.5) is 32.0 Å². The van der Waals surface area contributed by atoms with Gasteiger partial charge >= 0.3 is 12.4 Å². The summed E-state index contributed by atoms with van der Waals surface area (Å²) in [5.41, 5.74) is 0.521. The Morgan fingerprint density at radius 1 is 0.765 bits per heavy atom. The molecule has 1 N–H and O–H groups in total. The minimum Gasteiger partial charge on any atom is -0.392 e. The molecule has 0 fully saturated rings. The summed E-state index contributed by atoms with van der Waals surface area (Å²) in [6.07, 6.45) is -9.13. The number of hydrogen-bond acceptors (Lipinski definition) is 2. The van der Waals surface area contributed by atoms with Crippen LogP contribution in [0.2, 0.25) is 0 Å². The van der Waals surface area contributed by atoms with Crippen molar-refractivity contribution in [1.29, 1.82) is 0 Å². The second-order valence-corrected chi connectivity index (χ2v) is 7.78. The smallest absolute Gasteiger partial charge is 0.392 e. The van der Waals surface area contributed by atoms with Crippen molar-refractivity contribution in [1.82, 2.24) is 9.13 Å². The first kappa shape index (κ1) is 23.6. The third-order valence-corrected chi connectivity index (χ3v) is 5.45. The zero-order valence-corrected chi connectivity index (χ0v) is 17.8. The number of nitrogens with zero attached hydrogens (tertiary/aromatic N) is 3. The fourth-order valence-electron chi connectivity index (χ4n) is 3.69. The van der Waals surface area contributed by atoms with Crippen molar-refractivity contribution in [3.63, 3.8) is 0 Å². The van der Waals surface area contributed by atoms with Crippen LogP contribution in [0.5, 0.6) is 0 Å². The summed E-state index contributed by atoms with van der Waals surface area (Å²) in [4.78, 5) is 4.38. The molecule has 0 unspecified atom stereocenters. The number of imidazole rings is 1. The van der Waals surface area contributed by atoms with E-state index in [2.05, 4.69) is 4.99 Å². The second kappa shape index (κ2) is 8.68. The van der Waals surface area contributed by atoms with Gasteiger partial charge in [-0.3, -0.25) is 0 Å². The lowest BCUT2D eigenvalue weighted by Crippen LogP contribution is -2.24. The van der Waals surface area contributed by atoms with Crippen molar-refractivity contribution in [3.8, 4) is 0 Å². The molecule has 0 spiro atoms. The van der Waals surface area contributed by atoms with Crippen LogP contribution in [-0.2, 0) is 32.6 Å². The Kier molecular flexibility index (Phi) is 6.03. The third-order valence-electron chi connectivity index (χ3n) is 5.45. The number of benzene rings is 3. The topological polar surface area (TPSA) is 42.5 Å². The second-order valence-electron chi connectivity index (χ2n) is 7.78. The molecule has 0 aliphatic heterocycles. The van der Waals surface area contributed by atoms with E-state index in [0.29, 0.717) is 16.6 Å². The number of rotatable bonds is 4. The van der Waals surface area contributed by atoms with E-state index in [1.54, 1.807) is 31.3 Å². The fraction of sp³-hybridized carbons (Fsp3) is 0.208. The van der Waals surface area contributed by atoms with Crippen molar-refractivity contribution in [3.05, 3.63) is 94.6 Å². The van der Waals surface area contributed by atoms with Crippen LogP contribution in [0.15, 0.2) is 71.7 Å². The van der Waals surface area contributed by atoms with Gasteiger partial charge in [0.05, 0.1) is 41.0 Å². The molecule has 1 aromatic heterocycles. The van der Waals surface area contributed by atoms with E-state index in [1.165, 1.54) is 27.3 Å². The molecule has 34 heavy (non-hydrogen) atoms. The molecule has 10 heteroatoms. The Bertz CT molecular complexity index is 1400. The minimum atomic E-state index is -4.57. The van der Waals surface area contributed by atoms with Crippen molar-refractivity contribution < 1.29 is 31.4 Å². The Morgan fingerprint density at radius 3 is 2.00 bits per heavy atom. The standard InChI is InChI=1S/C24H19F6N3O/c1-32-20-10-9-18(24(28,29)30)12-21(20)33(13-15-5-7-16(14-34)8-6-15)22(32)31-19-4-2-3-17(11-19)23(25,26)27/h2-12,34H,13-14H2,1H3/b31-22+. The Balaban J connectivity index is 1.95. The number of aliphatic hydroxyl groups is 1. The number of fused-ring (bicyclic) bond motifs is 1. The van der Waals surface area contributed by atoms with Crippen LogP contribution in [-0.4, -0.2) is 14.2 Å². The number of aryl methyl sites for hydroxylation is 1.